The van der Waals surface area contributed by atoms with Crippen molar-refractivity contribution in [2.75, 3.05) is 26.3 Å². The zero-order valence-corrected chi connectivity index (χ0v) is 27.1. The Labute approximate surface area is 253 Å². The molecule has 2 saturated carbocycles. The van der Waals surface area contributed by atoms with Crippen molar-refractivity contribution in [3.05, 3.63) is 23.3 Å². The van der Waals surface area contributed by atoms with Crippen LogP contribution in [0.2, 0.25) is 0 Å². The van der Waals surface area contributed by atoms with Crippen molar-refractivity contribution >= 4 is 24.7 Å². The van der Waals surface area contributed by atoms with Crippen LogP contribution in [0.3, 0.4) is 0 Å². The molecule has 0 aromatic heterocycles. The number of aldehydes is 1. The Bertz CT molecular complexity index is 1130. The van der Waals surface area contributed by atoms with E-state index >= 15 is 0 Å². The summed E-state index contributed by atoms with van der Waals surface area (Å²) >= 11 is 0. The number of nitrogens with zero attached hydrogens (tertiary/aromatic N) is 2. The van der Waals surface area contributed by atoms with Crippen molar-refractivity contribution in [1.82, 2.24) is 5.32 Å². The number of nitrogens with one attached hydrogen (secondary N) is 1. The molecule has 3 atom stereocenters. The van der Waals surface area contributed by atoms with Gasteiger partial charge in [-0.05, 0) is 80.1 Å². The Kier molecular flexibility index (Phi) is 10.8. The van der Waals surface area contributed by atoms with Crippen molar-refractivity contribution in [1.29, 1.82) is 5.26 Å². The maximum absolute atomic E-state index is 13.2. The molecule has 0 spiro atoms. The van der Waals surface area contributed by atoms with Crippen LogP contribution in [0.4, 0.5) is 0 Å². The summed E-state index contributed by atoms with van der Waals surface area (Å²) in [5, 5.41) is 12.4. The fraction of sp³-hybridized carbons (Fsp3) is 0.743. The van der Waals surface area contributed by atoms with E-state index in [9.17, 15) is 19.6 Å². The minimum absolute atomic E-state index is 0.0436. The molecule has 0 bridgehead atoms. The number of rotatable bonds is 12. The fourth-order valence-electron chi connectivity index (χ4n) is 8.35. The lowest BCUT2D eigenvalue weighted by Gasteiger charge is -2.59. The van der Waals surface area contributed by atoms with Crippen LogP contribution in [0.25, 0.3) is 0 Å². The molecule has 0 saturated heterocycles. The Balaban J connectivity index is 1.83. The van der Waals surface area contributed by atoms with Gasteiger partial charge in [0.1, 0.15) is 12.4 Å². The van der Waals surface area contributed by atoms with E-state index in [1.165, 1.54) is 0 Å². The van der Waals surface area contributed by atoms with Crippen LogP contribution in [0.1, 0.15) is 99.8 Å². The number of fused-ring (bicyclic) bond motifs is 1. The second kappa shape index (κ2) is 13.4. The first-order valence-electron chi connectivity index (χ1n) is 15.8. The van der Waals surface area contributed by atoms with Gasteiger partial charge in [-0.25, -0.2) is 0 Å². The molecule has 3 aliphatic carbocycles. The standard InChI is InChI=1S/C35H53N3O4/c1-31(2,3)15-16-35(24-37-17-20-42-21-18-38-25-40)13-8-27(9-14-35)33(6)12-10-28-32(4,5)30(41)26(23-36)22-34(28,7)29(33)11-19-39/h11,19,22,24-25,27-28H,8-10,12-18,20-21H2,1-7H3,(H,38,40)/b29-11+,37-24?. The first-order valence-corrected chi connectivity index (χ1v) is 15.8. The summed E-state index contributed by atoms with van der Waals surface area (Å²) in [4.78, 5) is 40.5. The molecule has 0 radical (unpaired) electrons. The zero-order chi connectivity index (χ0) is 31.2. The van der Waals surface area contributed by atoms with E-state index in [0.29, 0.717) is 38.6 Å². The number of amides is 1. The average molecular weight is 580 g/mol. The first-order chi connectivity index (χ1) is 19.7. The highest BCUT2D eigenvalue weighted by atomic mass is 16.5. The largest absolute Gasteiger partial charge is 0.378 e. The molecule has 0 aromatic rings. The Morgan fingerprint density at radius 1 is 1.10 bits per heavy atom. The highest BCUT2D eigenvalue weighted by molar-refractivity contribution is 6.04. The third kappa shape index (κ3) is 7.13. The minimum Gasteiger partial charge on any atom is -0.378 e. The maximum Gasteiger partial charge on any atom is 0.207 e. The SMILES string of the molecule is CC(C)(C)CCC1(C=NCCOCCNC=O)CCC(C2(C)CCC3C(C)(C)C(=O)C(C#N)=CC3(C)/C2=C/C=O)CC1. The quantitative estimate of drug-likeness (QED) is 0.124. The summed E-state index contributed by atoms with van der Waals surface area (Å²) in [5.74, 6) is 0.378. The number of nitriles is 1. The van der Waals surface area contributed by atoms with Crippen LogP contribution < -0.4 is 5.32 Å². The van der Waals surface area contributed by atoms with Gasteiger partial charge in [-0.2, -0.15) is 5.26 Å². The smallest absolute Gasteiger partial charge is 0.207 e. The van der Waals surface area contributed by atoms with E-state index in [-0.39, 0.29) is 33.5 Å². The van der Waals surface area contributed by atoms with E-state index in [1.807, 2.05) is 19.9 Å². The molecule has 42 heavy (non-hydrogen) atoms. The van der Waals surface area contributed by atoms with Gasteiger partial charge < -0.3 is 10.1 Å². The lowest BCUT2D eigenvalue weighted by Crippen LogP contribution is -2.54. The molecular formula is C35H53N3O4. The van der Waals surface area contributed by atoms with Crippen molar-refractivity contribution in [3.63, 3.8) is 0 Å². The highest BCUT2D eigenvalue weighted by Gasteiger charge is 2.59. The predicted molar refractivity (Wildman–Crippen MR) is 167 cm³/mol. The number of ketones is 1. The third-order valence-corrected chi connectivity index (χ3v) is 10.8. The fourth-order valence-corrected chi connectivity index (χ4v) is 8.35. The predicted octanol–water partition coefficient (Wildman–Crippen LogP) is 6.43. The van der Waals surface area contributed by atoms with Gasteiger partial charge in [0.15, 0.2) is 5.78 Å². The van der Waals surface area contributed by atoms with Crippen molar-refractivity contribution in [2.24, 2.45) is 43.9 Å². The molecule has 3 aliphatic rings. The number of aliphatic imine (C=N–C) groups is 1. The number of Topliss-reactive ketones (excluding diaryl/α,β-unsaturated/α-hetero) is 1. The van der Waals surface area contributed by atoms with Gasteiger partial charge in [0.2, 0.25) is 6.41 Å². The van der Waals surface area contributed by atoms with Crippen LogP contribution in [0.15, 0.2) is 28.3 Å². The zero-order valence-electron chi connectivity index (χ0n) is 27.1. The van der Waals surface area contributed by atoms with E-state index in [0.717, 1.165) is 63.2 Å². The van der Waals surface area contributed by atoms with Gasteiger partial charge in [-0.15, -0.1) is 0 Å². The maximum atomic E-state index is 13.2. The number of ether oxygens (including phenoxy) is 1. The molecule has 3 rings (SSSR count). The molecule has 0 aliphatic heterocycles. The van der Waals surface area contributed by atoms with Gasteiger partial charge >= 0.3 is 0 Å². The van der Waals surface area contributed by atoms with Gasteiger partial charge in [-0.1, -0.05) is 60.1 Å². The van der Waals surface area contributed by atoms with Crippen LogP contribution in [-0.4, -0.2) is 51.0 Å². The first kappa shape index (κ1) is 33.9. The second-order valence-corrected chi connectivity index (χ2v) is 15.1. The number of hydrogen-bond donors (Lipinski definition) is 1. The normalized spacial score (nSPS) is 34.0. The molecule has 2 fully saturated rings. The molecule has 0 heterocycles. The summed E-state index contributed by atoms with van der Waals surface area (Å²) in [6.45, 7) is 17.4. The van der Waals surface area contributed by atoms with Gasteiger partial charge in [0.05, 0.1) is 25.3 Å². The summed E-state index contributed by atoms with van der Waals surface area (Å²) in [6, 6.07) is 2.17. The summed E-state index contributed by atoms with van der Waals surface area (Å²) in [7, 11) is 0. The van der Waals surface area contributed by atoms with E-state index in [4.69, 9.17) is 9.73 Å². The van der Waals surface area contributed by atoms with Gasteiger partial charge in [0.25, 0.3) is 0 Å². The third-order valence-electron chi connectivity index (χ3n) is 10.8. The Morgan fingerprint density at radius 3 is 2.38 bits per heavy atom. The molecule has 7 heteroatoms. The molecule has 3 unspecified atom stereocenters. The van der Waals surface area contributed by atoms with Gasteiger partial charge in [-0.3, -0.25) is 19.4 Å². The van der Waals surface area contributed by atoms with E-state index < -0.39 is 10.8 Å². The molecule has 1 amide bonds. The molecular weight excluding hydrogens is 526 g/mol. The van der Waals surface area contributed by atoms with E-state index in [1.54, 1.807) is 6.08 Å². The van der Waals surface area contributed by atoms with Crippen LogP contribution >= 0.6 is 0 Å². The van der Waals surface area contributed by atoms with Crippen LogP contribution in [-0.2, 0) is 19.1 Å². The molecule has 1 N–H and O–H groups in total. The van der Waals surface area contributed by atoms with E-state index in [2.05, 4.69) is 52.2 Å². The summed E-state index contributed by atoms with van der Waals surface area (Å²) < 4.78 is 5.59. The topological polar surface area (TPSA) is 109 Å². The lowest BCUT2D eigenvalue weighted by atomic mass is 9.43. The number of hydrogen-bond acceptors (Lipinski definition) is 6. The van der Waals surface area contributed by atoms with Crippen LogP contribution in [0.5, 0.6) is 0 Å². The summed E-state index contributed by atoms with van der Waals surface area (Å²) in [5.41, 5.74) is 0.249. The number of carbonyl (C=O) groups excluding carboxylic acids is 3. The van der Waals surface area contributed by atoms with Gasteiger partial charge in [0, 0.05) is 29.0 Å². The van der Waals surface area contributed by atoms with Crippen molar-refractivity contribution < 1.29 is 19.1 Å². The lowest BCUT2D eigenvalue weighted by molar-refractivity contribution is -0.131. The molecule has 232 valence electrons. The second-order valence-electron chi connectivity index (χ2n) is 15.1. The number of allylic oxidation sites excluding steroid dienone is 4. The minimum atomic E-state index is -0.655. The van der Waals surface area contributed by atoms with Crippen molar-refractivity contribution in [3.8, 4) is 6.07 Å². The molecule has 7 nitrogen and oxygen atoms in total. The van der Waals surface area contributed by atoms with Crippen molar-refractivity contribution in [2.45, 2.75) is 99.8 Å². The Morgan fingerprint density at radius 2 is 1.79 bits per heavy atom. The number of carbonyl (C=O) groups is 3. The average Bonchev–Trinajstić information content (AvgIpc) is 2.93. The summed E-state index contributed by atoms with van der Waals surface area (Å²) in [6.07, 6.45) is 15.7. The Hall–Kier alpha value is -2.59. The van der Waals surface area contributed by atoms with Crippen LogP contribution in [0, 0.1) is 50.2 Å². The monoisotopic (exact) mass is 579 g/mol. The highest BCUT2D eigenvalue weighted by Crippen LogP contribution is 2.65. The molecule has 0 aromatic carbocycles.